The lowest BCUT2D eigenvalue weighted by Crippen LogP contribution is -2.30. The number of ether oxygens (including phenoxy) is 4. The van der Waals surface area contributed by atoms with Crippen molar-refractivity contribution in [3.8, 4) is 0 Å². The van der Waals surface area contributed by atoms with E-state index in [1.54, 1.807) is 0 Å². The van der Waals surface area contributed by atoms with Crippen LogP contribution in [0.4, 0.5) is 0 Å². The molecule has 0 saturated heterocycles. The molecule has 0 aromatic rings. The summed E-state index contributed by atoms with van der Waals surface area (Å²) in [6, 6.07) is 0. The molecule has 0 rings (SSSR count). The average molecular weight is 1580 g/mol. The Hall–Kier alpha value is -1.94. The fourth-order valence-electron chi connectivity index (χ4n) is 13.9. The average Bonchev–Trinajstić information content (AvgIpc) is 0.900. The molecule has 3 unspecified atom stereocenters. The van der Waals surface area contributed by atoms with Crippen LogP contribution < -0.4 is 0 Å². The second kappa shape index (κ2) is 78.9. The molecule has 0 bridgehead atoms. The van der Waals surface area contributed by atoms with Crippen molar-refractivity contribution in [3.63, 3.8) is 0 Å². The highest BCUT2D eigenvalue weighted by atomic mass is 31.2. The molecule has 0 aliphatic rings. The molecule has 17 nitrogen and oxygen atoms in total. The van der Waals surface area contributed by atoms with Crippen LogP contribution in [0.2, 0.25) is 0 Å². The zero-order valence-electron chi connectivity index (χ0n) is 71.3. The smallest absolute Gasteiger partial charge is 0.462 e. The van der Waals surface area contributed by atoms with Crippen molar-refractivity contribution < 1.29 is 80.2 Å². The van der Waals surface area contributed by atoms with Crippen LogP contribution in [0.5, 0.6) is 0 Å². The molecule has 6 atom stereocenters. The van der Waals surface area contributed by atoms with Crippen molar-refractivity contribution in [3.05, 3.63) is 0 Å². The highest BCUT2D eigenvalue weighted by Gasteiger charge is 2.31. The van der Waals surface area contributed by atoms with Crippen LogP contribution in [0.3, 0.4) is 0 Å². The molecule has 0 fully saturated rings. The number of carbonyl (C=O) groups excluding carboxylic acids is 4. The topological polar surface area (TPSA) is 237 Å². The van der Waals surface area contributed by atoms with E-state index in [0.717, 1.165) is 108 Å². The lowest BCUT2D eigenvalue weighted by molar-refractivity contribution is -0.161. The molecule has 0 amide bonds. The largest absolute Gasteiger partial charge is 0.472 e. The van der Waals surface area contributed by atoms with Gasteiger partial charge in [0.15, 0.2) is 12.2 Å². The van der Waals surface area contributed by atoms with Gasteiger partial charge in [-0.1, -0.05) is 421 Å². The molecule has 0 heterocycles. The summed E-state index contributed by atoms with van der Waals surface area (Å²) in [5, 5.41) is 10.7. The molecule has 642 valence electrons. The number of phosphoric ester groups is 2. The van der Waals surface area contributed by atoms with Gasteiger partial charge in [0.25, 0.3) is 0 Å². The summed E-state index contributed by atoms with van der Waals surface area (Å²) in [6.45, 7) is 12.0. The normalized spacial score (nSPS) is 14.1. The molecule has 0 radical (unpaired) electrons. The number of hydrogen-bond donors (Lipinski definition) is 3. The number of esters is 4. The first-order valence-corrected chi connectivity index (χ1v) is 48.9. The number of carbonyl (C=O) groups is 4. The van der Waals surface area contributed by atoms with E-state index in [1.807, 2.05) is 0 Å². The van der Waals surface area contributed by atoms with Gasteiger partial charge in [0.1, 0.15) is 19.3 Å². The first kappa shape index (κ1) is 106. The van der Waals surface area contributed by atoms with Crippen molar-refractivity contribution in [2.75, 3.05) is 39.6 Å². The molecular formula is C89H174O17P2. The summed E-state index contributed by atoms with van der Waals surface area (Å²) >= 11 is 0. The SMILES string of the molecule is CCCCCCCCCCCCCCCCCCCCCCC(=O)OC[C@H](COP(=O)(O)OC[C@@H](O)COP(=O)(O)OC[C@@H](COC(=O)CCCCCCCCCC(C)C)OC(=O)CCCCCCCCCCCCCCCC(C)C)OC(=O)CCCCCCCCCCCCCCCCCCCCC(C)CC. The third-order valence-electron chi connectivity index (χ3n) is 21.2. The molecule has 0 aliphatic carbocycles. The Kier molecular flexibility index (Phi) is 77.5. The van der Waals surface area contributed by atoms with E-state index in [1.165, 1.54) is 276 Å². The number of unbranched alkanes of at least 4 members (excludes halogenated alkanes) is 54. The fourth-order valence-corrected chi connectivity index (χ4v) is 15.4. The number of aliphatic hydroxyl groups excluding tert-OH is 1. The van der Waals surface area contributed by atoms with Gasteiger partial charge in [0, 0.05) is 25.7 Å². The maximum Gasteiger partial charge on any atom is 0.472 e. The maximum atomic E-state index is 13.2. The summed E-state index contributed by atoms with van der Waals surface area (Å²) < 4.78 is 69.0. The Balaban J connectivity index is 5.22. The number of rotatable bonds is 87. The van der Waals surface area contributed by atoms with Gasteiger partial charge in [-0.2, -0.15) is 0 Å². The Labute approximate surface area is 664 Å². The second-order valence-electron chi connectivity index (χ2n) is 33.2. The molecule has 0 saturated carbocycles. The van der Waals surface area contributed by atoms with E-state index in [4.69, 9.17) is 37.0 Å². The summed E-state index contributed by atoms with van der Waals surface area (Å²) in [6.07, 6.45) is 71.0. The quantitative estimate of drug-likeness (QED) is 0.0222. The van der Waals surface area contributed by atoms with E-state index in [2.05, 4.69) is 48.5 Å². The predicted octanol–water partition coefficient (Wildman–Crippen LogP) is 27.3. The van der Waals surface area contributed by atoms with Crippen molar-refractivity contribution >= 4 is 39.5 Å². The third kappa shape index (κ3) is 80.7. The predicted molar refractivity (Wildman–Crippen MR) is 446 cm³/mol. The van der Waals surface area contributed by atoms with E-state index in [9.17, 15) is 43.2 Å². The monoisotopic (exact) mass is 1580 g/mol. The van der Waals surface area contributed by atoms with Crippen molar-refractivity contribution in [1.82, 2.24) is 0 Å². The maximum absolute atomic E-state index is 13.2. The van der Waals surface area contributed by atoms with Gasteiger partial charge in [-0.3, -0.25) is 37.3 Å². The van der Waals surface area contributed by atoms with Gasteiger partial charge in [-0.25, -0.2) is 9.13 Å². The second-order valence-corrected chi connectivity index (χ2v) is 36.1. The van der Waals surface area contributed by atoms with E-state index in [-0.39, 0.29) is 25.7 Å². The van der Waals surface area contributed by atoms with Crippen LogP contribution in [0, 0.1) is 17.8 Å². The zero-order valence-corrected chi connectivity index (χ0v) is 73.1. The van der Waals surface area contributed by atoms with Gasteiger partial charge in [0.05, 0.1) is 26.4 Å². The number of phosphoric acid groups is 2. The van der Waals surface area contributed by atoms with Crippen LogP contribution in [0.15, 0.2) is 0 Å². The summed E-state index contributed by atoms with van der Waals surface area (Å²) in [4.78, 5) is 73.3. The molecular weight excluding hydrogens is 1400 g/mol. The summed E-state index contributed by atoms with van der Waals surface area (Å²) in [5.74, 6) is 0.259. The Bertz CT molecular complexity index is 2080. The fraction of sp³-hybridized carbons (Fsp3) is 0.955. The Morgan fingerprint density at radius 1 is 0.269 bits per heavy atom. The standard InChI is InChI=1S/C89H174O17P2/c1-8-10-11-12-13-14-15-16-17-18-19-20-24-27-32-37-42-49-56-63-70-86(91)99-76-84(105-88(93)72-65-58-50-43-38-33-28-25-22-21-23-26-31-36-41-48-55-62-69-82(7)9-2)78-103-107(95,96)101-74-83(90)75-102-108(97,98)104-79-85(77-100-87(92)71-64-57-52-45-47-54-61-68-81(5)6)106-89(94)73-66-59-51-44-39-34-29-30-35-40-46-53-60-67-80(3)4/h80-85,90H,8-79H2,1-7H3,(H,95,96)(H,97,98)/t82?,83-,84-,85-/m1/s1. The highest BCUT2D eigenvalue weighted by Crippen LogP contribution is 2.45. The van der Waals surface area contributed by atoms with Crippen LogP contribution in [0.25, 0.3) is 0 Å². The van der Waals surface area contributed by atoms with Crippen molar-refractivity contribution in [2.24, 2.45) is 17.8 Å². The molecule has 0 aliphatic heterocycles. The molecule has 0 aromatic heterocycles. The van der Waals surface area contributed by atoms with Gasteiger partial charge in [-0.05, 0) is 43.4 Å². The zero-order chi connectivity index (χ0) is 79.3. The van der Waals surface area contributed by atoms with Gasteiger partial charge in [0.2, 0.25) is 0 Å². The van der Waals surface area contributed by atoms with Crippen LogP contribution in [-0.2, 0) is 65.4 Å². The van der Waals surface area contributed by atoms with E-state index >= 15 is 0 Å². The lowest BCUT2D eigenvalue weighted by Gasteiger charge is -2.21. The molecule has 0 aromatic carbocycles. The van der Waals surface area contributed by atoms with Crippen LogP contribution in [-0.4, -0.2) is 96.7 Å². The van der Waals surface area contributed by atoms with Gasteiger partial charge in [-0.15, -0.1) is 0 Å². The number of aliphatic hydroxyl groups is 1. The van der Waals surface area contributed by atoms with Crippen molar-refractivity contribution in [1.29, 1.82) is 0 Å². The number of hydrogen-bond acceptors (Lipinski definition) is 15. The molecule has 108 heavy (non-hydrogen) atoms. The third-order valence-corrected chi connectivity index (χ3v) is 23.1. The highest BCUT2D eigenvalue weighted by molar-refractivity contribution is 7.47. The van der Waals surface area contributed by atoms with Gasteiger partial charge >= 0.3 is 39.5 Å². The molecule has 3 N–H and O–H groups in total. The van der Waals surface area contributed by atoms with Crippen molar-refractivity contribution in [2.45, 2.75) is 491 Å². The van der Waals surface area contributed by atoms with Crippen LogP contribution in [0.1, 0.15) is 472 Å². The van der Waals surface area contributed by atoms with E-state index in [0.29, 0.717) is 31.6 Å². The van der Waals surface area contributed by atoms with Crippen LogP contribution >= 0.6 is 15.6 Å². The Morgan fingerprint density at radius 3 is 0.704 bits per heavy atom. The first-order valence-electron chi connectivity index (χ1n) is 45.9. The minimum atomic E-state index is -4.97. The molecule has 0 spiro atoms. The summed E-state index contributed by atoms with van der Waals surface area (Å²) in [5.41, 5.74) is 0. The first-order chi connectivity index (χ1) is 52.3. The Morgan fingerprint density at radius 2 is 0.472 bits per heavy atom. The van der Waals surface area contributed by atoms with E-state index < -0.39 is 97.5 Å². The summed E-state index contributed by atoms with van der Waals surface area (Å²) in [7, 11) is -9.93. The molecule has 19 heteroatoms. The lowest BCUT2D eigenvalue weighted by atomic mass is 9.99. The minimum absolute atomic E-state index is 0.107. The van der Waals surface area contributed by atoms with Gasteiger partial charge < -0.3 is 33.8 Å². The minimum Gasteiger partial charge on any atom is -0.462 e.